The highest BCUT2D eigenvalue weighted by molar-refractivity contribution is 5.02. The van der Waals surface area contributed by atoms with Crippen molar-refractivity contribution in [1.82, 2.24) is 0 Å². The minimum atomic E-state index is -2.81. The molecule has 0 spiro atoms. The maximum absolute atomic E-state index is 11.4. The van der Waals surface area contributed by atoms with Crippen LogP contribution in [-0.4, -0.2) is 331 Å². The summed E-state index contributed by atoms with van der Waals surface area (Å²) in [5, 5.41) is 218. The van der Waals surface area contributed by atoms with Crippen molar-refractivity contribution >= 4 is 0 Å². The lowest BCUT2D eigenvalue weighted by Crippen LogP contribution is -2.59. The van der Waals surface area contributed by atoms with E-state index in [1.807, 2.05) is 0 Å². The van der Waals surface area contributed by atoms with Crippen LogP contribution < -0.4 is 0 Å². The van der Waals surface area contributed by atoms with Crippen LogP contribution in [0.25, 0.3) is 0 Å². The Labute approximate surface area is 378 Å². The molecule has 0 aliphatic carbocycles. The molecular formula is C36H64O31. The second kappa shape index (κ2) is 24.0. The number of hydrogen-bond acceptors (Lipinski definition) is 31. The van der Waals surface area contributed by atoms with E-state index >= 15 is 0 Å². The minimum Gasteiger partial charge on any atom is -0.394 e. The fourth-order valence-electron chi connectivity index (χ4n) is 7.85. The van der Waals surface area contributed by atoms with Crippen molar-refractivity contribution in [3.8, 4) is 0 Å². The lowest BCUT2D eigenvalue weighted by atomic mass is 9.99. The molecule has 0 aromatic rings. The molecule has 5 rings (SSSR count). The number of ether oxygens (including phenoxy) is 10. The molecular weight excluding hydrogens is 928 g/mol. The van der Waals surface area contributed by atoms with Gasteiger partial charge in [-0.15, -0.1) is 0 Å². The van der Waals surface area contributed by atoms with Gasteiger partial charge in [-0.25, -0.2) is 0 Å². The minimum absolute atomic E-state index is 0.797. The van der Waals surface area contributed by atoms with E-state index < -0.39 is 224 Å². The van der Waals surface area contributed by atoms with Crippen LogP contribution in [-0.2, 0) is 47.4 Å². The summed E-state index contributed by atoms with van der Waals surface area (Å²) in [6.45, 7) is -8.89. The first-order valence-corrected chi connectivity index (χ1v) is 21.0. The molecule has 5 aliphatic rings. The van der Waals surface area contributed by atoms with E-state index in [2.05, 4.69) is 0 Å². The van der Waals surface area contributed by atoms with Crippen LogP contribution in [0.15, 0.2) is 0 Å². The fraction of sp³-hybridized carbons (Fsp3) is 1.00. The smallest absolute Gasteiger partial charge is 0.222 e. The third-order valence-corrected chi connectivity index (χ3v) is 12.2. The van der Waals surface area contributed by atoms with E-state index in [-0.39, 0.29) is 0 Å². The molecule has 0 saturated carbocycles. The summed E-state index contributed by atoms with van der Waals surface area (Å²) in [4.78, 5) is 0. The molecule has 0 radical (unpaired) electrons. The van der Waals surface area contributed by atoms with Crippen molar-refractivity contribution in [1.29, 1.82) is 0 Å². The summed E-state index contributed by atoms with van der Waals surface area (Å²) < 4.78 is 54.4. The van der Waals surface area contributed by atoms with E-state index in [9.17, 15) is 107 Å². The molecule has 5 heterocycles. The highest BCUT2D eigenvalue weighted by Gasteiger charge is 2.61. The van der Waals surface area contributed by atoms with Gasteiger partial charge in [-0.1, -0.05) is 0 Å². The maximum Gasteiger partial charge on any atom is 0.222 e. The highest BCUT2D eigenvalue weighted by atomic mass is 16.8. The summed E-state index contributed by atoms with van der Waals surface area (Å²) in [5.74, 6) is -5.50. The Bertz CT molecular complexity index is 1490. The number of rotatable bonds is 22. The largest absolute Gasteiger partial charge is 0.394 e. The maximum atomic E-state index is 11.4. The molecule has 27 atom stereocenters. The second-order valence-corrected chi connectivity index (χ2v) is 16.8. The zero-order valence-electron chi connectivity index (χ0n) is 35.3. The third kappa shape index (κ3) is 12.0. The van der Waals surface area contributed by atoms with Gasteiger partial charge < -0.3 is 155 Å². The number of aliphatic hydroxyl groups is 21. The van der Waals surface area contributed by atoms with Crippen LogP contribution in [0.3, 0.4) is 0 Å². The Morgan fingerprint density at radius 2 is 0.746 bits per heavy atom. The van der Waals surface area contributed by atoms with Gasteiger partial charge in [-0.2, -0.15) is 0 Å². The molecule has 21 N–H and O–H groups in total. The summed E-state index contributed by atoms with van der Waals surface area (Å²) in [5.41, 5.74) is 0. The van der Waals surface area contributed by atoms with E-state index in [0.29, 0.717) is 0 Å². The van der Waals surface area contributed by atoms with Gasteiger partial charge in [-0.3, -0.25) is 0 Å². The standard InChI is InChI=1S/C36H64O31/c37-1-12-19(45)24(50)27(53)32(63-12)58-4-10(41)17(43)18(44)11(42)5-61-36(31(57)23(49)16(67-36)7-60-34-29(55)26(52)21(47)14(3-39)65-34)9-62-35(8-40)30(56)22(48)15(66-35)6-59-33-28(54)25(51)20(46)13(2-38)64-33/h10-34,37-57H,1-9H2/t10-,11?,12?,13?,14?,15-,16-,17-,18-,19-,20-,21-,22+,23+,24?,25+,26+,27-,28?,29?,30?,31?,32+,33+,34+,35-,36-/m1/s1. The van der Waals surface area contributed by atoms with Gasteiger partial charge in [-0.05, 0) is 0 Å². The van der Waals surface area contributed by atoms with Gasteiger partial charge in [0.1, 0.15) is 148 Å². The quantitative estimate of drug-likeness (QED) is 0.0479. The van der Waals surface area contributed by atoms with E-state index in [1.54, 1.807) is 0 Å². The number of hydrogen-bond donors (Lipinski definition) is 21. The van der Waals surface area contributed by atoms with Crippen molar-refractivity contribution < 1.29 is 155 Å². The monoisotopic (exact) mass is 992 g/mol. The average molecular weight is 993 g/mol. The molecule has 31 heteroatoms. The summed E-state index contributed by atoms with van der Waals surface area (Å²) in [6, 6.07) is 0. The van der Waals surface area contributed by atoms with E-state index in [4.69, 9.17) is 47.4 Å². The average Bonchev–Trinajstić information content (AvgIpc) is 3.71. The van der Waals surface area contributed by atoms with Gasteiger partial charge in [0.2, 0.25) is 11.6 Å². The Balaban J connectivity index is 1.29. The topological polar surface area (TPSA) is 517 Å². The van der Waals surface area contributed by atoms with Crippen molar-refractivity contribution in [2.75, 3.05) is 59.5 Å². The van der Waals surface area contributed by atoms with Gasteiger partial charge in [0.25, 0.3) is 0 Å². The molecule has 67 heavy (non-hydrogen) atoms. The van der Waals surface area contributed by atoms with Crippen molar-refractivity contribution in [3.63, 3.8) is 0 Å². The van der Waals surface area contributed by atoms with Crippen LogP contribution in [0.5, 0.6) is 0 Å². The van der Waals surface area contributed by atoms with Crippen LogP contribution >= 0.6 is 0 Å². The van der Waals surface area contributed by atoms with Gasteiger partial charge >= 0.3 is 0 Å². The summed E-state index contributed by atoms with van der Waals surface area (Å²) in [7, 11) is 0. The molecule has 0 amide bonds. The van der Waals surface area contributed by atoms with Crippen LogP contribution in [0.4, 0.5) is 0 Å². The first-order chi connectivity index (χ1) is 31.5. The molecule has 0 bridgehead atoms. The van der Waals surface area contributed by atoms with E-state index in [0.717, 1.165) is 0 Å². The summed E-state index contributed by atoms with van der Waals surface area (Å²) in [6.07, 6.45) is -47.3. The number of aliphatic hydroxyl groups excluding tert-OH is 21. The lowest BCUT2D eigenvalue weighted by Gasteiger charge is -2.40. The van der Waals surface area contributed by atoms with Gasteiger partial charge in [0.15, 0.2) is 18.9 Å². The zero-order valence-corrected chi connectivity index (χ0v) is 35.3. The zero-order chi connectivity index (χ0) is 49.9. The molecule has 9 unspecified atom stereocenters. The fourth-order valence-corrected chi connectivity index (χ4v) is 7.85. The van der Waals surface area contributed by atoms with Gasteiger partial charge in [0.05, 0.1) is 46.2 Å². The highest BCUT2D eigenvalue weighted by Crippen LogP contribution is 2.39. The Morgan fingerprint density at radius 1 is 0.388 bits per heavy atom. The Morgan fingerprint density at radius 3 is 1.13 bits per heavy atom. The molecule has 5 aliphatic heterocycles. The molecule has 394 valence electrons. The predicted octanol–water partition coefficient (Wildman–Crippen LogP) is -14.5. The second-order valence-electron chi connectivity index (χ2n) is 16.8. The predicted molar refractivity (Wildman–Crippen MR) is 201 cm³/mol. The van der Waals surface area contributed by atoms with Crippen LogP contribution in [0, 0.1) is 0 Å². The molecule has 0 aromatic carbocycles. The molecule has 5 fully saturated rings. The molecule has 0 aromatic heterocycles. The summed E-state index contributed by atoms with van der Waals surface area (Å²) >= 11 is 0. The molecule has 5 saturated heterocycles. The SMILES string of the molecule is OCC1O[C@H](OC[C@@H](O)[C@@H](O)[C@H](O)C(O)CO[C@]2(CO[C@]3(CO)O[C@H](CO[C@H]4OC(CO)[C@@H](O)[C@H](O)C4O)[C@H](O)C3O)O[C@H](CO[C@H]3OC(CO)[C@@H](O)[C@H](O)C3O)[C@H](O)C2O)[C@H](O)C(O)[C@@H]1O. The van der Waals surface area contributed by atoms with Crippen LogP contribution in [0.2, 0.25) is 0 Å². The van der Waals surface area contributed by atoms with Crippen molar-refractivity contribution in [2.24, 2.45) is 0 Å². The normalized spacial score (nSPS) is 48.0. The third-order valence-electron chi connectivity index (χ3n) is 12.2. The van der Waals surface area contributed by atoms with Crippen molar-refractivity contribution in [2.45, 2.75) is 165 Å². The first-order valence-electron chi connectivity index (χ1n) is 21.0. The Hall–Kier alpha value is -1.24. The Kier molecular flexibility index (Phi) is 20.3. The molecule has 31 nitrogen and oxygen atoms in total. The van der Waals surface area contributed by atoms with Crippen molar-refractivity contribution in [3.05, 3.63) is 0 Å². The lowest BCUT2D eigenvalue weighted by molar-refractivity contribution is -0.349. The van der Waals surface area contributed by atoms with Crippen LogP contribution in [0.1, 0.15) is 0 Å². The first kappa shape index (κ1) is 56.7. The van der Waals surface area contributed by atoms with Gasteiger partial charge in [0, 0.05) is 0 Å². The van der Waals surface area contributed by atoms with E-state index in [1.165, 1.54) is 0 Å².